The molecule has 0 atom stereocenters. The summed E-state index contributed by atoms with van der Waals surface area (Å²) >= 11 is 0. The van der Waals surface area contributed by atoms with E-state index in [4.69, 9.17) is 4.74 Å². The van der Waals surface area contributed by atoms with Crippen molar-refractivity contribution in [2.45, 2.75) is 13.0 Å². The highest BCUT2D eigenvalue weighted by Crippen LogP contribution is 2.23. The van der Waals surface area contributed by atoms with E-state index < -0.39 is 0 Å². The maximum absolute atomic E-state index is 5.82. The molecule has 0 bridgehead atoms. The molecule has 0 spiro atoms. The summed E-state index contributed by atoms with van der Waals surface area (Å²) in [5.41, 5.74) is 3.57. The molecule has 2 aromatic carbocycles. The van der Waals surface area contributed by atoms with Crippen molar-refractivity contribution in [1.29, 1.82) is 0 Å². The van der Waals surface area contributed by atoms with Gasteiger partial charge in [-0.05, 0) is 22.8 Å². The van der Waals surface area contributed by atoms with Crippen LogP contribution in [0.4, 0.5) is 0 Å². The van der Waals surface area contributed by atoms with Crippen LogP contribution in [0.15, 0.2) is 54.6 Å². The first-order valence-electron chi connectivity index (χ1n) is 7.27. The number of aromatic nitrogens is 3. The lowest BCUT2D eigenvalue weighted by Gasteiger charge is -2.05. The largest absolute Gasteiger partial charge is 0.458 e. The molecule has 0 saturated heterocycles. The van der Waals surface area contributed by atoms with Crippen LogP contribution in [0, 0.1) is 0 Å². The fourth-order valence-corrected chi connectivity index (χ4v) is 2.58. The Balaban J connectivity index is 1.60. The van der Waals surface area contributed by atoms with Crippen LogP contribution in [0.5, 0.6) is 6.01 Å². The van der Waals surface area contributed by atoms with E-state index in [0.29, 0.717) is 12.6 Å². The third-order valence-corrected chi connectivity index (χ3v) is 3.75. The SMILES string of the molecule is C1=Cn2c(nnc2OCc2ccccc2)Cc2ccccc21. The molecular weight excluding hydrogens is 274 g/mol. The number of ether oxygens (including phenoxy) is 1. The van der Waals surface area contributed by atoms with Crippen LogP contribution in [0.3, 0.4) is 0 Å². The minimum absolute atomic E-state index is 0.486. The molecule has 0 fully saturated rings. The van der Waals surface area contributed by atoms with Crippen molar-refractivity contribution in [3.05, 3.63) is 77.1 Å². The van der Waals surface area contributed by atoms with E-state index in [-0.39, 0.29) is 0 Å². The molecule has 4 rings (SSSR count). The monoisotopic (exact) mass is 289 g/mol. The summed E-state index contributed by atoms with van der Waals surface area (Å²) in [4.78, 5) is 0. The standard InChI is InChI=1S/C18H15N3O/c1-2-6-14(7-3-1)13-22-18-20-19-17-12-16-9-5-4-8-15(16)10-11-21(17)18/h1-11H,12-13H2. The van der Waals surface area contributed by atoms with E-state index in [0.717, 1.165) is 17.8 Å². The van der Waals surface area contributed by atoms with Crippen molar-refractivity contribution in [2.24, 2.45) is 0 Å². The summed E-state index contributed by atoms with van der Waals surface area (Å²) in [7, 11) is 0. The third-order valence-electron chi connectivity index (χ3n) is 3.75. The van der Waals surface area contributed by atoms with Crippen molar-refractivity contribution >= 4 is 12.3 Å². The lowest BCUT2D eigenvalue weighted by Crippen LogP contribution is -2.02. The second-order valence-electron chi connectivity index (χ2n) is 5.23. The molecule has 22 heavy (non-hydrogen) atoms. The van der Waals surface area contributed by atoms with Crippen molar-refractivity contribution in [3.8, 4) is 6.01 Å². The molecule has 3 aromatic rings. The summed E-state index contributed by atoms with van der Waals surface area (Å²) in [5, 5.41) is 8.43. The van der Waals surface area contributed by atoms with E-state index in [1.54, 1.807) is 0 Å². The van der Waals surface area contributed by atoms with Crippen molar-refractivity contribution < 1.29 is 4.74 Å². The van der Waals surface area contributed by atoms with Gasteiger partial charge in [0.2, 0.25) is 0 Å². The second kappa shape index (κ2) is 5.48. The molecule has 0 amide bonds. The molecular formula is C18H15N3O. The van der Waals surface area contributed by atoms with Gasteiger partial charge in [-0.25, -0.2) is 0 Å². The Labute approximate surface area is 128 Å². The molecule has 0 saturated carbocycles. The van der Waals surface area contributed by atoms with Gasteiger partial charge in [-0.15, -0.1) is 5.10 Å². The van der Waals surface area contributed by atoms with E-state index >= 15 is 0 Å². The number of nitrogens with zero attached hydrogens (tertiary/aromatic N) is 3. The second-order valence-corrected chi connectivity index (χ2v) is 5.23. The minimum atomic E-state index is 0.486. The molecule has 1 aliphatic rings. The Morgan fingerprint density at radius 2 is 1.77 bits per heavy atom. The Bertz CT molecular complexity index is 821. The molecule has 1 aromatic heterocycles. The van der Waals surface area contributed by atoms with Crippen LogP contribution < -0.4 is 4.74 Å². The summed E-state index contributed by atoms with van der Waals surface area (Å²) in [6.45, 7) is 0.486. The Kier molecular flexibility index (Phi) is 3.20. The van der Waals surface area contributed by atoms with Gasteiger partial charge in [0.15, 0.2) is 0 Å². The molecule has 2 heterocycles. The highest BCUT2D eigenvalue weighted by molar-refractivity contribution is 5.66. The third kappa shape index (κ3) is 2.39. The maximum atomic E-state index is 5.82. The van der Waals surface area contributed by atoms with Crippen LogP contribution in [-0.2, 0) is 13.0 Å². The van der Waals surface area contributed by atoms with Gasteiger partial charge in [0.05, 0.1) is 0 Å². The van der Waals surface area contributed by atoms with Gasteiger partial charge in [-0.2, -0.15) is 0 Å². The van der Waals surface area contributed by atoms with Gasteiger partial charge in [0, 0.05) is 12.6 Å². The van der Waals surface area contributed by atoms with Gasteiger partial charge >= 0.3 is 6.01 Å². The molecule has 108 valence electrons. The van der Waals surface area contributed by atoms with Gasteiger partial charge in [-0.3, -0.25) is 4.57 Å². The van der Waals surface area contributed by atoms with Gasteiger partial charge in [-0.1, -0.05) is 59.7 Å². The first-order valence-corrected chi connectivity index (χ1v) is 7.27. The Morgan fingerprint density at radius 1 is 0.955 bits per heavy atom. The molecule has 0 N–H and O–H groups in total. The van der Waals surface area contributed by atoms with Gasteiger partial charge < -0.3 is 4.74 Å². The number of hydrogen-bond acceptors (Lipinski definition) is 3. The van der Waals surface area contributed by atoms with Gasteiger partial charge in [0.25, 0.3) is 0 Å². The van der Waals surface area contributed by atoms with Crippen LogP contribution >= 0.6 is 0 Å². The average molecular weight is 289 g/mol. The Hall–Kier alpha value is -2.88. The molecule has 0 radical (unpaired) electrons. The van der Waals surface area contributed by atoms with Crippen LogP contribution in [-0.4, -0.2) is 14.8 Å². The van der Waals surface area contributed by atoms with E-state index in [1.165, 1.54) is 11.1 Å². The van der Waals surface area contributed by atoms with Crippen LogP contribution in [0.25, 0.3) is 12.3 Å². The molecule has 0 aliphatic carbocycles. The van der Waals surface area contributed by atoms with Crippen LogP contribution in [0.2, 0.25) is 0 Å². The summed E-state index contributed by atoms with van der Waals surface area (Å²) in [6.07, 6.45) is 4.80. The van der Waals surface area contributed by atoms with E-state index in [9.17, 15) is 0 Å². The summed E-state index contributed by atoms with van der Waals surface area (Å²) in [6, 6.07) is 18.9. The van der Waals surface area contributed by atoms with E-state index in [1.807, 2.05) is 53.2 Å². The van der Waals surface area contributed by atoms with Crippen molar-refractivity contribution in [2.75, 3.05) is 0 Å². The fourth-order valence-electron chi connectivity index (χ4n) is 2.58. The number of hydrogen-bond donors (Lipinski definition) is 0. The highest BCUT2D eigenvalue weighted by Gasteiger charge is 2.15. The van der Waals surface area contributed by atoms with E-state index in [2.05, 4.69) is 28.4 Å². The highest BCUT2D eigenvalue weighted by atomic mass is 16.5. The quantitative estimate of drug-likeness (QED) is 0.580. The molecule has 4 heteroatoms. The smallest absolute Gasteiger partial charge is 0.321 e. The lowest BCUT2D eigenvalue weighted by atomic mass is 10.1. The molecule has 4 nitrogen and oxygen atoms in total. The van der Waals surface area contributed by atoms with Crippen molar-refractivity contribution in [1.82, 2.24) is 14.8 Å². The van der Waals surface area contributed by atoms with Crippen molar-refractivity contribution in [3.63, 3.8) is 0 Å². The zero-order chi connectivity index (χ0) is 14.8. The lowest BCUT2D eigenvalue weighted by molar-refractivity contribution is 0.276. The first kappa shape index (κ1) is 12.8. The number of benzene rings is 2. The zero-order valence-electron chi connectivity index (χ0n) is 12.0. The summed E-state index contributed by atoms with van der Waals surface area (Å²) in [5.74, 6) is 0.893. The fraction of sp³-hybridized carbons (Fsp3) is 0.111. The maximum Gasteiger partial charge on any atom is 0.321 e. The minimum Gasteiger partial charge on any atom is -0.458 e. The Morgan fingerprint density at radius 3 is 2.68 bits per heavy atom. The topological polar surface area (TPSA) is 39.9 Å². The first-order chi connectivity index (χ1) is 10.9. The normalized spacial score (nSPS) is 12.4. The molecule has 0 unspecified atom stereocenters. The molecule has 1 aliphatic heterocycles. The predicted octanol–water partition coefficient (Wildman–Crippen LogP) is 3.39. The van der Waals surface area contributed by atoms with Gasteiger partial charge in [0.1, 0.15) is 12.4 Å². The number of fused-ring (bicyclic) bond motifs is 2. The summed E-state index contributed by atoms with van der Waals surface area (Å²) < 4.78 is 7.74. The average Bonchev–Trinajstić information content (AvgIpc) is 2.85. The predicted molar refractivity (Wildman–Crippen MR) is 85.3 cm³/mol. The van der Waals surface area contributed by atoms with Crippen LogP contribution in [0.1, 0.15) is 22.5 Å². The zero-order valence-corrected chi connectivity index (χ0v) is 12.0. The number of rotatable bonds is 3.